The summed E-state index contributed by atoms with van der Waals surface area (Å²) in [4.78, 5) is 0. The molecule has 0 spiro atoms. The van der Waals surface area contributed by atoms with Crippen molar-refractivity contribution in [2.75, 3.05) is 12.8 Å². The van der Waals surface area contributed by atoms with Gasteiger partial charge in [0.05, 0.1) is 4.75 Å². The molecule has 1 N–H and O–H groups in total. The van der Waals surface area contributed by atoms with Gasteiger partial charge in [0.25, 0.3) is 0 Å². The van der Waals surface area contributed by atoms with Gasteiger partial charge in [-0.3, -0.25) is 0 Å². The lowest BCUT2D eigenvalue weighted by Gasteiger charge is -2.34. The molecule has 4 heteroatoms. The van der Waals surface area contributed by atoms with Crippen molar-refractivity contribution in [2.45, 2.75) is 63.7 Å². The van der Waals surface area contributed by atoms with Crippen molar-refractivity contribution in [2.24, 2.45) is 5.92 Å². The molecule has 0 radical (unpaired) electrons. The number of hydrogen-bond donors (Lipinski definition) is 1. The molecule has 1 saturated carbocycles. The Labute approximate surface area is 106 Å². The van der Waals surface area contributed by atoms with E-state index in [9.17, 15) is 8.42 Å². The highest BCUT2D eigenvalue weighted by Crippen LogP contribution is 2.27. The van der Waals surface area contributed by atoms with Gasteiger partial charge in [0, 0.05) is 18.8 Å². The van der Waals surface area contributed by atoms with E-state index in [4.69, 9.17) is 0 Å². The molecule has 0 amide bonds. The summed E-state index contributed by atoms with van der Waals surface area (Å²) in [7, 11) is -2.99. The minimum atomic E-state index is -2.99. The van der Waals surface area contributed by atoms with Crippen molar-refractivity contribution in [3.8, 4) is 0 Å². The van der Waals surface area contributed by atoms with Gasteiger partial charge in [-0.05, 0) is 32.6 Å². The highest BCUT2D eigenvalue weighted by atomic mass is 32.2. The molecule has 0 bridgehead atoms. The molecule has 0 saturated heterocycles. The van der Waals surface area contributed by atoms with Crippen LogP contribution in [0.1, 0.15) is 52.9 Å². The van der Waals surface area contributed by atoms with Gasteiger partial charge < -0.3 is 5.32 Å². The maximum absolute atomic E-state index is 11.6. The summed E-state index contributed by atoms with van der Waals surface area (Å²) >= 11 is 0. The molecule has 102 valence electrons. The molecule has 2 unspecified atom stereocenters. The Kier molecular flexibility index (Phi) is 5.02. The van der Waals surface area contributed by atoms with Crippen LogP contribution in [0.25, 0.3) is 0 Å². The summed E-state index contributed by atoms with van der Waals surface area (Å²) < 4.78 is 22.6. The van der Waals surface area contributed by atoms with E-state index in [2.05, 4.69) is 12.2 Å². The van der Waals surface area contributed by atoms with Crippen molar-refractivity contribution < 1.29 is 8.42 Å². The standard InChI is InChI=1S/C13H27NO2S/c1-5-11-8-6-7-9-12(11)14-10-13(2,3)17(4,15)16/h11-12,14H,5-10H2,1-4H3. The van der Waals surface area contributed by atoms with E-state index in [-0.39, 0.29) is 0 Å². The monoisotopic (exact) mass is 261 g/mol. The first-order chi connectivity index (χ1) is 7.78. The van der Waals surface area contributed by atoms with Crippen LogP contribution >= 0.6 is 0 Å². The van der Waals surface area contributed by atoms with Crippen LogP contribution in [0.4, 0.5) is 0 Å². The molecular formula is C13H27NO2S. The molecular weight excluding hydrogens is 234 g/mol. The minimum Gasteiger partial charge on any atom is -0.312 e. The maximum atomic E-state index is 11.6. The van der Waals surface area contributed by atoms with E-state index >= 15 is 0 Å². The summed E-state index contributed by atoms with van der Waals surface area (Å²) in [6.07, 6.45) is 7.59. The third-order valence-electron chi connectivity index (χ3n) is 4.23. The van der Waals surface area contributed by atoms with Crippen LogP contribution in [0.2, 0.25) is 0 Å². The average molecular weight is 261 g/mol. The molecule has 1 aliphatic rings. The molecule has 0 aromatic heterocycles. The fourth-order valence-electron chi connectivity index (χ4n) is 2.47. The van der Waals surface area contributed by atoms with Crippen LogP contribution in [-0.2, 0) is 9.84 Å². The highest BCUT2D eigenvalue weighted by molar-refractivity contribution is 7.92. The second-order valence-electron chi connectivity index (χ2n) is 5.97. The summed E-state index contributed by atoms with van der Waals surface area (Å²) in [5.41, 5.74) is 0. The molecule has 1 rings (SSSR count). The molecule has 1 fully saturated rings. The Morgan fingerprint density at radius 2 is 1.82 bits per heavy atom. The summed E-state index contributed by atoms with van der Waals surface area (Å²) in [5.74, 6) is 0.721. The SMILES string of the molecule is CCC1CCCCC1NCC(C)(C)S(C)(=O)=O. The predicted octanol–water partition coefficient (Wildman–Crippen LogP) is 2.37. The second kappa shape index (κ2) is 5.70. The first-order valence-corrected chi connectivity index (χ1v) is 8.60. The molecule has 3 nitrogen and oxygen atoms in total. The summed E-state index contributed by atoms with van der Waals surface area (Å²) in [6.45, 7) is 6.40. The van der Waals surface area contributed by atoms with Crippen molar-refractivity contribution >= 4 is 9.84 Å². The number of sulfone groups is 1. The third kappa shape index (κ3) is 3.95. The molecule has 17 heavy (non-hydrogen) atoms. The first kappa shape index (κ1) is 15.0. The molecule has 0 heterocycles. The van der Waals surface area contributed by atoms with Gasteiger partial charge in [-0.25, -0.2) is 8.42 Å². The minimum absolute atomic E-state index is 0.509. The third-order valence-corrected chi connectivity index (χ3v) is 6.38. The molecule has 1 aliphatic carbocycles. The van der Waals surface area contributed by atoms with Crippen LogP contribution < -0.4 is 5.32 Å². The van der Waals surface area contributed by atoms with Crippen LogP contribution in [0.3, 0.4) is 0 Å². The fourth-order valence-corrected chi connectivity index (χ4v) is 2.82. The normalized spacial score (nSPS) is 27.1. The summed E-state index contributed by atoms with van der Waals surface area (Å²) in [5, 5.41) is 3.49. The number of nitrogens with one attached hydrogen (secondary N) is 1. The largest absolute Gasteiger partial charge is 0.312 e. The van der Waals surface area contributed by atoms with Gasteiger partial charge in [0.2, 0.25) is 0 Å². The molecule has 0 aromatic rings. The Balaban J connectivity index is 2.54. The molecule has 0 aromatic carbocycles. The van der Waals surface area contributed by atoms with E-state index in [1.165, 1.54) is 38.4 Å². The van der Waals surface area contributed by atoms with Crippen LogP contribution in [-0.4, -0.2) is 32.0 Å². The highest BCUT2D eigenvalue weighted by Gasteiger charge is 2.32. The molecule has 2 atom stereocenters. The lowest BCUT2D eigenvalue weighted by molar-refractivity contribution is 0.251. The van der Waals surface area contributed by atoms with E-state index in [0.717, 1.165) is 5.92 Å². The zero-order chi connectivity index (χ0) is 13.1. The molecule has 0 aliphatic heterocycles. The van der Waals surface area contributed by atoms with Gasteiger partial charge in [-0.2, -0.15) is 0 Å². The Morgan fingerprint density at radius 3 is 2.35 bits per heavy atom. The Morgan fingerprint density at radius 1 is 1.24 bits per heavy atom. The number of rotatable bonds is 5. The Hall–Kier alpha value is -0.0900. The van der Waals surface area contributed by atoms with Crippen molar-refractivity contribution in [1.82, 2.24) is 5.32 Å². The van der Waals surface area contributed by atoms with Crippen molar-refractivity contribution in [1.29, 1.82) is 0 Å². The van der Waals surface area contributed by atoms with Crippen LogP contribution in [0, 0.1) is 5.92 Å². The van der Waals surface area contributed by atoms with E-state index in [1.807, 2.05) is 0 Å². The van der Waals surface area contributed by atoms with Gasteiger partial charge >= 0.3 is 0 Å². The topological polar surface area (TPSA) is 46.2 Å². The van der Waals surface area contributed by atoms with Gasteiger partial charge in [0.1, 0.15) is 0 Å². The lowest BCUT2D eigenvalue weighted by Crippen LogP contribution is -2.48. The van der Waals surface area contributed by atoms with E-state index in [1.54, 1.807) is 13.8 Å². The van der Waals surface area contributed by atoms with Crippen molar-refractivity contribution in [3.05, 3.63) is 0 Å². The van der Waals surface area contributed by atoms with Gasteiger partial charge in [-0.1, -0.05) is 26.2 Å². The zero-order valence-electron chi connectivity index (χ0n) is 11.6. The zero-order valence-corrected chi connectivity index (χ0v) is 12.4. The quantitative estimate of drug-likeness (QED) is 0.826. The number of hydrogen-bond acceptors (Lipinski definition) is 3. The average Bonchev–Trinajstić information content (AvgIpc) is 2.25. The first-order valence-electron chi connectivity index (χ1n) is 6.71. The van der Waals surface area contributed by atoms with Gasteiger partial charge in [0.15, 0.2) is 9.84 Å². The maximum Gasteiger partial charge on any atom is 0.153 e. The predicted molar refractivity (Wildman–Crippen MR) is 73.0 cm³/mol. The van der Waals surface area contributed by atoms with E-state index in [0.29, 0.717) is 12.6 Å². The Bertz CT molecular complexity index is 335. The van der Waals surface area contributed by atoms with Crippen LogP contribution in [0.15, 0.2) is 0 Å². The van der Waals surface area contributed by atoms with Crippen LogP contribution in [0.5, 0.6) is 0 Å². The van der Waals surface area contributed by atoms with Gasteiger partial charge in [-0.15, -0.1) is 0 Å². The summed E-state index contributed by atoms with van der Waals surface area (Å²) in [6, 6.07) is 0.509. The van der Waals surface area contributed by atoms with Crippen molar-refractivity contribution in [3.63, 3.8) is 0 Å². The lowest BCUT2D eigenvalue weighted by atomic mass is 9.83. The fraction of sp³-hybridized carbons (Fsp3) is 1.00. The smallest absolute Gasteiger partial charge is 0.153 e. The van der Waals surface area contributed by atoms with E-state index < -0.39 is 14.6 Å². The second-order valence-corrected chi connectivity index (χ2v) is 8.62.